The molecular formula is C11H15ClN2. The van der Waals surface area contributed by atoms with Crippen LogP contribution < -0.4 is 5.73 Å². The Morgan fingerprint density at radius 2 is 2.14 bits per heavy atom. The van der Waals surface area contributed by atoms with Crippen molar-refractivity contribution < 1.29 is 0 Å². The van der Waals surface area contributed by atoms with E-state index >= 15 is 0 Å². The second-order valence-corrected chi connectivity index (χ2v) is 4.12. The molecule has 0 saturated carbocycles. The molecule has 1 aromatic carbocycles. The lowest BCUT2D eigenvalue weighted by Gasteiger charge is -2.31. The zero-order chi connectivity index (χ0) is 9.97. The molecule has 2 rings (SSSR count). The minimum atomic E-state index is 0.531. The van der Waals surface area contributed by atoms with Crippen LogP contribution >= 0.6 is 11.6 Å². The Bertz CT molecular complexity index is 321. The first-order valence-electron chi connectivity index (χ1n) is 5.00. The van der Waals surface area contributed by atoms with Crippen molar-refractivity contribution in [2.45, 2.75) is 19.5 Å². The van der Waals surface area contributed by atoms with Crippen molar-refractivity contribution >= 4 is 11.6 Å². The van der Waals surface area contributed by atoms with E-state index in [0.717, 1.165) is 17.1 Å². The van der Waals surface area contributed by atoms with Crippen LogP contribution in [0.4, 0.5) is 0 Å². The molecule has 2 nitrogen and oxygen atoms in total. The van der Waals surface area contributed by atoms with Gasteiger partial charge in [0.25, 0.3) is 0 Å². The molecule has 1 saturated heterocycles. The Balaban J connectivity index is 2.17. The van der Waals surface area contributed by atoms with E-state index in [1.165, 1.54) is 25.1 Å². The van der Waals surface area contributed by atoms with Crippen LogP contribution in [0.2, 0.25) is 5.02 Å². The van der Waals surface area contributed by atoms with Crippen LogP contribution in [0.1, 0.15) is 17.5 Å². The Morgan fingerprint density at radius 1 is 1.36 bits per heavy atom. The SMILES string of the molecule is NCc1c(Cl)cccc1CN1CCC1. The summed E-state index contributed by atoms with van der Waals surface area (Å²) in [4.78, 5) is 2.41. The Hall–Kier alpha value is -0.570. The first-order valence-corrected chi connectivity index (χ1v) is 5.38. The molecule has 1 fully saturated rings. The summed E-state index contributed by atoms with van der Waals surface area (Å²) >= 11 is 6.08. The molecular weight excluding hydrogens is 196 g/mol. The molecule has 0 spiro atoms. The molecule has 0 aromatic heterocycles. The highest BCUT2D eigenvalue weighted by molar-refractivity contribution is 6.31. The van der Waals surface area contributed by atoms with Crippen molar-refractivity contribution in [2.24, 2.45) is 5.73 Å². The van der Waals surface area contributed by atoms with E-state index in [2.05, 4.69) is 11.0 Å². The summed E-state index contributed by atoms with van der Waals surface area (Å²) in [6.07, 6.45) is 1.32. The van der Waals surface area contributed by atoms with Gasteiger partial charge in [0, 0.05) is 18.1 Å². The number of halogens is 1. The Labute approximate surface area is 89.7 Å². The number of nitrogens with two attached hydrogens (primary N) is 1. The summed E-state index contributed by atoms with van der Waals surface area (Å²) in [6, 6.07) is 6.02. The van der Waals surface area contributed by atoms with Crippen molar-refractivity contribution in [3.05, 3.63) is 34.3 Å². The number of benzene rings is 1. The highest BCUT2D eigenvalue weighted by Crippen LogP contribution is 2.22. The fourth-order valence-electron chi connectivity index (χ4n) is 1.76. The van der Waals surface area contributed by atoms with Gasteiger partial charge in [0.15, 0.2) is 0 Å². The molecule has 0 radical (unpaired) electrons. The van der Waals surface area contributed by atoms with Gasteiger partial charge in [-0.3, -0.25) is 4.90 Å². The first-order chi connectivity index (χ1) is 6.81. The lowest BCUT2D eigenvalue weighted by molar-refractivity contribution is 0.172. The number of rotatable bonds is 3. The van der Waals surface area contributed by atoms with Crippen LogP contribution in [-0.4, -0.2) is 18.0 Å². The largest absolute Gasteiger partial charge is 0.326 e. The van der Waals surface area contributed by atoms with Gasteiger partial charge in [0.05, 0.1) is 0 Å². The van der Waals surface area contributed by atoms with Crippen LogP contribution in [0, 0.1) is 0 Å². The van der Waals surface area contributed by atoms with E-state index in [4.69, 9.17) is 17.3 Å². The zero-order valence-corrected chi connectivity index (χ0v) is 8.93. The second kappa shape index (κ2) is 4.30. The van der Waals surface area contributed by atoms with E-state index in [1.807, 2.05) is 12.1 Å². The van der Waals surface area contributed by atoms with Crippen molar-refractivity contribution in [3.63, 3.8) is 0 Å². The van der Waals surface area contributed by atoms with Crippen LogP contribution in [0.15, 0.2) is 18.2 Å². The summed E-state index contributed by atoms with van der Waals surface area (Å²) in [7, 11) is 0. The maximum Gasteiger partial charge on any atom is 0.0454 e. The molecule has 0 bridgehead atoms. The highest BCUT2D eigenvalue weighted by Gasteiger charge is 2.15. The van der Waals surface area contributed by atoms with E-state index < -0.39 is 0 Å². The minimum Gasteiger partial charge on any atom is -0.326 e. The number of hydrogen-bond donors (Lipinski definition) is 1. The monoisotopic (exact) mass is 210 g/mol. The van der Waals surface area contributed by atoms with Crippen molar-refractivity contribution in [3.8, 4) is 0 Å². The minimum absolute atomic E-state index is 0.531. The average Bonchev–Trinajstić information content (AvgIpc) is 2.11. The first kappa shape index (κ1) is 9.97. The number of nitrogens with zero attached hydrogens (tertiary/aromatic N) is 1. The molecule has 3 heteroatoms. The van der Waals surface area contributed by atoms with E-state index in [9.17, 15) is 0 Å². The van der Waals surface area contributed by atoms with Crippen LogP contribution in [-0.2, 0) is 13.1 Å². The van der Waals surface area contributed by atoms with Crippen molar-refractivity contribution in [1.29, 1.82) is 0 Å². The molecule has 76 valence electrons. The summed E-state index contributed by atoms with van der Waals surface area (Å²) in [5, 5.41) is 0.797. The Kier molecular flexibility index (Phi) is 3.06. The standard InChI is InChI=1S/C11H15ClN2/c12-11-4-1-3-9(10(11)7-13)8-14-5-2-6-14/h1,3-4H,2,5-8,13H2. The lowest BCUT2D eigenvalue weighted by Crippen LogP contribution is -2.36. The fraction of sp³-hybridized carbons (Fsp3) is 0.455. The van der Waals surface area contributed by atoms with E-state index in [0.29, 0.717) is 6.54 Å². The molecule has 0 aliphatic carbocycles. The van der Waals surface area contributed by atoms with Crippen LogP contribution in [0.25, 0.3) is 0 Å². The quantitative estimate of drug-likeness (QED) is 0.827. The third-order valence-corrected chi connectivity index (χ3v) is 3.12. The summed E-state index contributed by atoms with van der Waals surface area (Å²) in [5.41, 5.74) is 8.06. The smallest absolute Gasteiger partial charge is 0.0454 e. The lowest BCUT2D eigenvalue weighted by atomic mass is 10.1. The van der Waals surface area contributed by atoms with Crippen molar-refractivity contribution in [2.75, 3.05) is 13.1 Å². The van der Waals surface area contributed by atoms with Gasteiger partial charge in [-0.2, -0.15) is 0 Å². The summed E-state index contributed by atoms with van der Waals surface area (Å²) in [5.74, 6) is 0. The van der Waals surface area contributed by atoms with Gasteiger partial charge in [-0.05, 0) is 36.7 Å². The summed E-state index contributed by atoms with van der Waals surface area (Å²) < 4.78 is 0. The maximum atomic E-state index is 6.08. The highest BCUT2D eigenvalue weighted by atomic mass is 35.5. The van der Waals surface area contributed by atoms with Gasteiger partial charge in [0.2, 0.25) is 0 Å². The number of likely N-dealkylation sites (tertiary alicyclic amines) is 1. The summed E-state index contributed by atoms with van der Waals surface area (Å²) in [6.45, 7) is 3.93. The number of hydrogen-bond acceptors (Lipinski definition) is 2. The predicted octanol–water partition coefficient (Wildman–Crippen LogP) is 2.00. The average molecular weight is 211 g/mol. The van der Waals surface area contributed by atoms with Gasteiger partial charge >= 0.3 is 0 Å². The third-order valence-electron chi connectivity index (χ3n) is 2.76. The third kappa shape index (κ3) is 1.92. The maximum absolute atomic E-state index is 6.08. The van der Waals surface area contributed by atoms with Gasteiger partial charge in [-0.15, -0.1) is 0 Å². The zero-order valence-electron chi connectivity index (χ0n) is 8.17. The molecule has 0 atom stereocenters. The Morgan fingerprint density at radius 3 is 2.71 bits per heavy atom. The molecule has 1 aliphatic heterocycles. The van der Waals surface area contributed by atoms with E-state index in [1.54, 1.807) is 0 Å². The molecule has 2 N–H and O–H groups in total. The van der Waals surface area contributed by atoms with Crippen LogP contribution in [0.3, 0.4) is 0 Å². The molecule has 1 aromatic rings. The van der Waals surface area contributed by atoms with Gasteiger partial charge in [-0.1, -0.05) is 23.7 Å². The second-order valence-electron chi connectivity index (χ2n) is 3.71. The molecule has 14 heavy (non-hydrogen) atoms. The topological polar surface area (TPSA) is 29.3 Å². The van der Waals surface area contributed by atoms with E-state index in [-0.39, 0.29) is 0 Å². The molecule has 1 heterocycles. The van der Waals surface area contributed by atoms with Gasteiger partial charge in [0.1, 0.15) is 0 Å². The normalized spacial score (nSPS) is 16.7. The molecule has 1 aliphatic rings. The van der Waals surface area contributed by atoms with Crippen molar-refractivity contribution in [1.82, 2.24) is 4.90 Å². The fourth-order valence-corrected chi connectivity index (χ4v) is 2.03. The predicted molar refractivity (Wildman–Crippen MR) is 59.2 cm³/mol. The molecule has 0 unspecified atom stereocenters. The van der Waals surface area contributed by atoms with Gasteiger partial charge < -0.3 is 5.73 Å². The van der Waals surface area contributed by atoms with Gasteiger partial charge in [-0.25, -0.2) is 0 Å². The molecule has 0 amide bonds. The van der Waals surface area contributed by atoms with Crippen LogP contribution in [0.5, 0.6) is 0 Å².